The van der Waals surface area contributed by atoms with E-state index in [-0.39, 0.29) is 0 Å². The second-order valence-corrected chi connectivity index (χ2v) is 2.86. The minimum atomic E-state index is 1.04. The number of para-hydroxylation sites is 1. The molecule has 0 saturated carbocycles. The van der Waals surface area contributed by atoms with Gasteiger partial charge in [0.2, 0.25) is 0 Å². The Hall–Kier alpha value is -0.955. The van der Waals surface area contributed by atoms with Gasteiger partial charge in [-0.3, -0.25) is 0 Å². The molecule has 0 unspecified atom stereocenters. The summed E-state index contributed by atoms with van der Waals surface area (Å²) in [4.78, 5) is 2.22. The molecule has 0 aliphatic heterocycles. The topological polar surface area (TPSA) is 15.3 Å². The fraction of sp³-hybridized carbons (Fsp3) is 0.400. The summed E-state index contributed by atoms with van der Waals surface area (Å²) in [6.45, 7) is 6.37. The zero-order chi connectivity index (χ0) is 9.52. The zero-order valence-electron chi connectivity index (χ0n) is 8.33. The highest BCUT2D eigenvalue weighted by atomic mass is 15.1. The van der Waals surface area contributed by atoms with Crippen LogP contribution in [0.2, 0.25) is 0 Å². The van der Waals surface area contributed by atoms with Gasteiger partial charge in [-0.2, -0.15) is 0 Å². The number of benzene rings is 1. The van der Waals surface area contributed by atoms with Gasteiger partial charge in [-0.15, -0.1) is 0 Å². The van der Waals surface area contributed by atoms with Gasteiger partial charge in [0.05, 0.1) is 0 Å². The molecule has 3 heteroatoms. The molecule has 0 amide bonds. The van der Waals surface area contributed by atoms with E-state index in [0.717, 1.165) is 18.8 Å². The van der Waals surface area contributed by atoms with Crippen molar-refractivity contribution in [3.05, 3.63) is 30.3 Å². The summed E-state index contributed by atoms with van der Waals surface area (Å²) in [6, 6.07) is 10.2. The van der Waals surface area contributed by atoms with Crippen LogP contribution in [0.25, 0.3) is 0 Å². The minimum Gasteiger partial charge on any atom is -0.418 e. The summed E-state index contributed by atoms with van der Waals surface area (Å²) < 4.78 is 0. The molecule has 0 atom stereocenters. The van der Waals surface area contributed by atoms with E-state index in [0.29, 0.717) is 0 Å². The van der Waals surface area contributed by atoms with Crippen LogP contribution in [0, 0.1) is 0 Å². The Morgan fingerprint density at radius 2 is 1.77 bits per heavy atom. The first-order chi connectivity index (χ1) is 6.36. The van der Waals surface area contributed by atoms with Crippen LogP contribution in [-0.4, -0.2) is 25.4 Å². The summed E-state index contributed by atoms with van der Waals surface area (Å²) in [6.07, 6.45) is 0. The monoisotopic (exact) mass is 175 g/mol. The molecule has 0 spiro atoms. The van der Waals surface area contributed by atoms with Crippen LogP contribution in [0.15, 0.2) is 30.3 Å². The smallest absolute Gasteiger partial charge is 0.349 e. The number of hydrogen-bond acceptors (Lipinski definition) is 2. The van der Waals surface area contributed by atoms with Crippen LogP contribution in [-0.2, 0) is 0 Å². The lowest BCUT2D eigenvalue weighted by atomic mass is 10.1. The molecular formula is C10H16BN2. The van der Waals surface area contributed by atoms with Crippen molar-refractivity contribution in [3.8, 4) is 0 Å². The first kappa shape index (κ1) is 10.1. The van der Waals surface area contributed by atoms with E-state index in [9.17, 15) is 0 Å². The summed E-state index contributed by atoms with van der Waals surface area (Å²) in [5.41, 5.74) is 1.13. The molecule has 0 saturated heterocycles. The normalized spacial score (nSPS) is 10.1. The summed E-state index contributed by atoms with van der Waals surface area (Å²) in [5, 5.41) is 3.25. The molecule has 0 heterocycles. The SMILES string of the molecule is CCN([B]Nc1ccccc1)CC. The Morgan fingerprint density at radius 3 is 2.31 bits per heavy atom. The Labute approximate surface area is 81.2 Å². The van der Waals surface area contributed by atoms with Crippen LogP contribution < -0.4 is 5.23 Å². The van der Waals surface area contributed by atoms with Gasteiger partial charge in [-0.25, -0.2) is 0 Å². The number of nitrogens with one attached hydrogen (secondary N) is 1. The van der Waals surface area contributed by atoms with Gasteiger partial charge in [0.15, 0.2) is 0 Å². The molecular weight excluding hydrogens is 159 g/mol. The third-order valence-corrected chi connectivity index (χ3v) is 2.00. The van der Waals surface area contributed by atoms with Crippen LogP contribution >= 0.6 is 0 Å². The third-order valence-electron chi connectivity index (χ3n) is 2.00. The lowest BCUT2D eigenvalue weighted by molar-refractivity contribution is 0.495. The first-order valence-electron chi connectivity index (χ1n) is 4.75. The summed E-state index contributed by atoms with van der Waals surface area (Å²) in [7, 11) is 2.02. The highest BCUT2D eigenvalue weighted by Gasteiger charge is 2.00. The van der Waals surface area contributed by atoms with Gasteiger partial charge in [0, 0.05) is 5.69 Å². The first-order valence-corrected chi connectivity index (χ1v) is 4.75. The van der Waals surface area contributed by atoms with Crippen molar-refractivity contribution in [1.82, 2.24) is 4.81 Å². The molecule has 1 aromatic rings. The van der Waals surface area contributed by atoms with Gasteiger partial charge >= 0.3 is 7.55 Å². The van der Waals surface area contributed by atoms with Gasteiger partial charge in [-0.1, -0.05) is 32.0 Å². The molecule has 69 valence electrons. The number of hydrogen-bond donors (Lipinski definition) is 1. The van der Waals surface area contributed by atoms with Crippen LogP contribution in [0.4, 0.5) is 5.69 Å². The fourth-order valence-electron chi connectivity index (χ4n) is 1.11. The summed E-state index contributed by atoms with van der Waals surface area (Å²) >= 11 is 0. The van der Waals surface area contributed by atoms with Crippen molar-refractivity contribution < 1.29 is 0 Å². The van der Waals surface area contributed by atoms with Crippen molar-refractivity contribution in [1.29, 1.82) is 0 Å². The van der Waals surface area contributed by atoms with Gasteiger partial charge in [-0.05, 0) is 25.2 Å². The maximum absolute atomic E-state index is 3.25. The largest absolute Gasteiger partial charge is 0.418 e. The predicted octanol–water partition coefficient (Wildman–Crippen LogP) is 1.97. The van der Waals surface area contributed by atoms with Crippen molar-refractivity contribution >= 4 is 13.2 Å². The molecule has 1 radical (unpaired) electrons. The minimum absolute atomic E-state index is 1.04. The van der Waals surface area contributed by atoms with Gasteiger partial charge < -0.3 is 10.0 Å². The van der Waals surface area contributed by atoms with E-state index < -0.39 is 0 Å². The maximum Gasteiger partial charge on any atom is 0.349 e. The van der Waals surface area contributed by atoms with E-state index >= 15 is 0 Å². The van der Waals surface area contributed by atoms with E-state index in [4.69, 9.17) is 0 Å². The lowest BCUT2D eigenvalue weighted by Crippen LogP contribution is -2.32. The van der Waals surface area contributed by atoms with Crippen molar-refractivity contribution in [2.24, 2.45) is 0 Å². The van der Waals surface area contributed by atoms with E-state index in [1.54, 1.807) is 0 Å². The summed E-state index contributed by atoms with van der Waals surface area (Å²) in [5.74, 6) is 0. The Morgan fingerprint density at radius 1 is 1.15 bits per heavy atom. The number of rotatable bonds is 5. The van der Waals surface area contributed by atoms with Gasteiger partial charge in [0.25, 0.3) is 0 Å². The second-order valence-electron chi connectivity index (χ2n) is 2.86. The maximum atomic E-state index is 3.25. The van der Waals surface area contributed by atoms with E-state index in [1.807, 2.05) is 25.7 Å². The molecule has 0 bridgehead atoms. The predicted molar refractivity (Wildman–Crippen MR) is 58.7 cm³/mol. The molecule has 0 aliphatic rings. The molecule has 1 rings (SSSR count). The average molecular weight is 175 g/mol. The highest BCUT2D eigenvalue weighted by Crippen LogP contribution is 2.03. The zero-order valence-corrected chi connectivity index (χ0v) is 8.33. The molecule has 13 heavy (non-hydrogen) atoms. The molecule has 0 aliphatic carbocycles. The van der Waals surface area contributed by atoms with Crippen LogP contribution in [0.5, 0.6) is 0 Å². The van der Waals surface area contributed by atoms with Crippen molar-refractivity contribution in [2.45, 2.75) is 13.8 Å². The molecule has 1 N–H and O–H groups in total. The van der Waals surface area contributed by atoms with E-state index in [1.165, 1.54) is 0 Å². The fourth-order valence-corrected chi connectivity index (χ4v) is 1.11. The average Bonchev–Trinajstić information content (AvgIpc) is 2.21. The highest BCUT2D eigenvalue weighted by molar-refractivity contribution is 6.37. The van der Waals surface area contributed by atoms with Crippen molar-refractivity contribution in [2.75, 3.05) is 18.3 Å². The second kappa shape index (κ2) is 5.65. The number of nitrogens with zero attached hydrogens (tertiary/aromatic N) is 1. The lowest BCUT2D eigenvalue weighted by Gasteiger charge is -2.17. The molecule has 0 aromatic heterocycles. The Balaban J connectivity index is 2.34. The molecule has 2 nitrogen and oxygen atoms in total. The Kier molecular flexibility index (Phi) is 4.40. The quantitative estimate of drug-likeness (QED) is 0.688. The molecule has 0 fully saturated rings. The van der Waals surface area contributed by atoms with Crippen molar-refractivity contribution in [3.63, 3.8) is 0 Å². The molecule has 1 aromatic carbocycles. The Bertz CT molecular complexity index is 222. The van der Waals surface area contributed by atoms with Crippen LogP contribution in [0.1, 0.15) is 13.8 Å². The number of anilines is 1. The van der Waals surface area contributed by atoms with Gasteiger partial charge in [0.1, 0.15) is 0 Å². The van der Waals surface area contributed by atoms with Crippen LogP contribution in [0.3, 0.4) is 0 Å². The third kappa shape index (κ3) is 3.51. The standard InChI is InChI=1S/C10H16BN2/c1-3-13(4-2)11-12-10-8-6-5-7-9-10/h5-9,12H,3-4H2,1-2H3. The van der Waals surface area contributed by atoms with E-state index in [2.05, 4.69) is 36.0 Å².